The minimum atomic E-state index is -0.279. The predicted octanol–water partition coefficient (Wildman–Crippen LogP) is 16.1. The Hall–Kier alpha value is -2.02. The van der Waals surface area contributed by atoms with Gasteiger partial charge in [0.05, 0.1) is 25.0 Å². The number of halogens is 10. The molecule has 0 saturated carbocycles. The van der Waals surface area contributed by atoms with Crippen LogP contribution < -0.4 is 0 Å². The number of hydrogen-bond acceptors (Lipinski definition) is 2. The highest BCUT2D eigenvalue weighted by molar-refractivity contribution is 6.39. The second-order valence-corrected chi connectivity index (χ2v) is 16.5. The summed E-state index contributed by atoms with van der Waals surface area (Å²) >= 11 is 66.6. The summed E-state index contributed by atoms with van der Waals surface area (Å²) in [4.78, 5) is 0. The fourth-order valence-electron chi connectivity index (χ4n) is 6.41. The first-order valence-electron chi connectivity index (χ1n) is 16.4. The van der Waals surface area contributed by atoms with Gasteiger partial charge in [-0.15, -0.1) is 0 Å². The standard InChI is InChI=1S/C41H28Cl10N2/c42-27-7-5-22(35(45)19-27)16-33-38(48)24(15-25(11-13-52)39(33)49)3-1-2-4-30(31-10-9-29(44)21-37(31)47)32-18-26(12-14-53)40(50)34(41(32)51)17-23-6-8-28(43)20-36(23)46/h5-10,15,18-21,30H,1-4,11-12,16-17H2. The van der Waals surface area contributed by atoms with Gasteiger partial charge in [-0.05, 0) is 106 Å². The summed E-state index contributed by atoms with van der Waals surface area (Å²) < 4.78 is 0. The lowest BCUT2D eigenvalue weighted by Crippen LogP contribution is -2.08. The molecule has 0 radical (unpaired) electrons. The Kier molecular flexibility index (Phi) is 15.3. The first-order valence-corrected chi connectivity index (χ1v) is 20.2. The lowest BCUT2D eigenvalue weighted by atomic mass is 9.83. The minimum absolute atomic E-state index is 0.0785. The Balaban J connectivity index is 1.49. The molecule has 0 aliphatic heterocycles. The maximum atomic E-state index is 9.73. The van der Waals surface area contributed by atoms with Gasteiger partial charge in [0.1, 0.15) is 0 Å². The number of aryl methyl sites for hydroxylation is 1. The summed E-state index contributed by atoms with van der Waals surface area (Å²) in [6, 6.07) is 24.2. The van der Waals surface area contributed by atoms with E-state index in [1.54, 1.807) is 36.4 Å². The van der Waals surface area contributed by atoms with Crippen LogP contribution in [0.4, 0.5) is 0 Å². The maximum absolute atomic E-state index is 9.73. The van der Waals surface area contributed by atoms with E-state index in [4.69, 9.17) is 116 Å². The molecule has 0 saturated heterocycles. The molecule has 2 nitrogen and oxygen atoms in total. The summed E-state index contributed by atoms with van der Waals surface area (Å²) in [5, 5.41) is 24.2. The zero-order valence-corrected chi connectivity index (χ0v) is 35.3. The Morgan fingerprint density at radius 1 is 0.453 bits per heavy atom. The van der Waals surface area contributed by atoms with Crippen molar-refractivity contribution in [3.63, 3.8) is 0 Å². The number of rotatable bonds is 13. The van der Waals surface area contributed by atoms with Gasteiger partial charge in [0.15, 0.2) is 0 Å². The van der Waals surface area contributed by atoms with Gasteiger partial charge in [-0.25, -0.2) is 0 Å². The minimum Gasteiger partial charge on any atom is -0.198 e. The summed E-state index contributed by atoms with van der Waals surface area (Å²) in [5.74, 6) is -0.279. The van der Waals surface area contributed by atoms with Crippen molar-refractivity contribution in [3.8, 4) is 12.1 Å². The average Bonchev–Trinajstić information content (AvgIpc) is 3.10. The third-order valence-corrected chi connectivity index (χ3v) is 12.6. The maximum Gasteiger partial charge on any atom is 0.0670 e. The molecule has 272 valence electrons. The molecule has 5 aromatic carbocycles. The van der Waals surface area contributed by atoms with E-state index in [2.05, 4.69) is 12.1 Å². The van der Waals surface area contributed by atoms with Crippen LogP contribution in [0.25, 0.3) is 0 Å². The van der Waals surface area contributed by atoms with Crippen LogP contribution in [-0.4, -0.2) is 0 Å². The van der Waals surface area contributed by atoms with E-state index in [1.807, 2.05) is 30.3 Å². The van der Waals surface area contributed by atoms with Crippen molar-refractivity contribution in [2.75, 3.05) is 0 Å². The number of nitriles is 2. The van der Waals surface area contributed by atoms with Crippen LogP contribution in [0.15, 0.2) is 66.7 Å². The Morgan fingerprint density at radius 2 is 0.925 bits per heavy atom. The fraction of sp³-hybridized carbons (Fsp3) is 0.220. The van der Waals surface area contributed by atoms with E-state index in [0.29, 0.717) is 98.2 Å². The topological polar surface area (TPSA) is 47.6 Å². The molecule has 5 aromatic rings. The second kappa shape index (κ2) is 19.2. The van der Waals surface area contributed by atoms with Crippen LogP contribution in [0.1, 0.15) is 75.3 Å². The lowest BCUT2D eigenvalue weighted by molar-refractivity contribution is 0.625. The summed E-state index contributed by atoms with van der Waals surface area (Å²) in [6.07, 6.45) is 3.63. The van der Waals surface area contributed by atoms with Gasteiger partial charge in [0.25, 0.3) is 0 Å². The smallest absolute Gasteiger partial charge is 0.0670 e. The number of unbranched alkanes of at least 4 members (excludes halogenated alkanes) is 1. The van der Waals surface area contributed by atoms with E-state index in [1.165, 1.54) is 0 Å². The van der Waals surface area contributed by atoms with E-state index < -0.39 is 0 Å². The first-order chi connectivity index (χ1) is 25.3. The highest BCUT2D eigenvalue weighted by atomic mass is 35.5. The number of nitrogens with zero attached hydrogens (tertiary/aromatic N) is 2. The van der Waals surface area contributed by atoms with Crippen LogP contribution in [-0.2, 0) is 32.1 Å². The van der Waals surface area contributed by atoms with Crippen molar-refractivity contribution >= 4 is 116 Å². The van der Waals surface area contributed by atoms with Gasteiger partial charge in [-0.3, -0.25) is 0 Å². The molecule has 0 spiro atoms. The molecule has 0 amide bonds. The molecule has 0 bridgehead atoms. The number of benzene rings is 5. The predicted molar refractivity (Wildman–Crippen MR) is 226 cm³/mol. The molecular formula is C41H28Cl10N2. The van der Waals surface area contributed by atoms with Crippen LogP contribution in [0.2, 0.25) is 50.2 Å². The van der Waals surface area contributed by atoms with E-state index in [9.17, 15) is 10.5 Å². The Bertz CT molecular complexity index is 2250. The molecule has 12 heteroatoms. The average molecular weight is 903 g/mol. The lowest BCUT2D eigenvalue weighted by Gasteiger charge is -2.24. The zero-order chi connectivity index (χ0) is 38.4. The van der Waals surface area contributed by atoms with Gasteiger partial charge in [0, 0.05) is 69.0 Å². The summed E-state index contributed by atoms with van der Waals surface area (Å²) in [7, 11) is 0. The molecule has 0 heterocycles. The SMILES string of the molecule is N#CCc1cc(CCCCC(c2ccc(Cl)cc2Cl)c2cc(CC#N)c(Cl)c(Cc3ccc(Cl)cc3Cl)c2Cl)c(Cl)c(Cc2ccc(Cl)cc2Cl)c1Cl. The molecule has 0 fully saturated rings. The van der Waals surface area contributed by atoms with Gasteiger partial charge in [-0.2, -0.15) is 10.5 Å². The van der Waals surface area contributed by atoms with Gasteiger partial charge in [0.2, 0.25) is 0 Å². The molecule has 1 atom stereocenters. The highest BCUT2D eigenvalue weighted by Crippen LogP contribution is 2.44. The van der Waals surface area contributed by atoms with Crippen LogP contribution in [0.5, 0.6) is 0 Å². The molecule has 0 aliphatic rings. The van der Waals surface area contributed by atoms with Gasteiger partial charge in [-0.1, -0.05) is 153 Å². The first kappa shape index (κ1) is 42.1. The van der Waals surface area contributed by atoms with Crippen molar-refractivity contribution in [1.82, 2.24) is 0 Å². The molecule has 1 unspecified atom stereocenters. The third-order valence-electron chi connectivity index (χ3n) is 9.04. The van der Waals surface area contributed by atoms with Crippen LogP contribution >= 0.6 is 116 Å². The zero-order valence-electron chi connectivity index (χ0n) is 27.8. The second-order valence-electron chi connectivity index (χ2n) is 12.5. The quantitative estimate of drug-likeness (QED) is 0.111. The molecule has 0 aromatic heterocycles. The molecule has 0 N–H and O–H groups in total. The fourth-order valence-corrected chi connectivity index (χ4v) is 9.22. The molecule has 5 rings (SSSR count). The monoisotopic (exact) mass is 898 g/mol. The molecule has 0 aliphatic carbocycles. The Labute approximate surface area is 359 Å². The van der Waals surface area contributed by atoms with Crippen molar-refractivity contribution in [1.29, 1.82) is 10.5 Å². The van der Waals surface area contributed by atoms with Crippen LogP contribution in [0.3, 0.4) is 0 Å². The highest BCUT2D eigenvalue weighted by Gasteiger charge is 2.26. The normalized spacial score (nSPS) is 11.7. The third kappa shape index (κ3) is 10.2. The van der Waals surface area contributed by atoms with E-state index in [-0.39, 0.29) is 18.8 Å². The largest absolute Gasteiger partial charge is 0.198 e. The molecule has 53 heavy (non-hydrogen) atoms. The summed E-state index contributed by atoms with van der Waals surface area (Å²) in [6.45, 7) is 0. The van der Waals surface area contributed by atoms with Gasteiger partial charge >= 0.3 is 0 Å². The van der Waals surface area contributed by atoms with Crippen molar-refractivity contribution in [2.24, 2.45) is 0 Å². The van der Waals surface area contributed by atoms with Crippen LogP contribution in [0, 0.1) is 22.7 Å². The Morgan fingerprint density at radius 3 is 1.43 bits per heavy atom. The number of hydrogen-bond donors (Lipinski definition) is 0. The van der Waals surface area contributed by atoms with E-state index >= 15 is 0 Å². The van der Waals surface area contributed by atoms with Crippen molar-refractivity contribution in [3.05, 3.63) is 167 Å². The molecular weight excluding hydrogens is 875 g/mol. The van der Waals surface area contributed by atoms with Crippen molar-refractivity contribution in [2.45, 2.75) is 57.3 Å². The van der Waals surface area contributed by atoms with Crippen molar-refractivity contribution < 1.29 is 0 Å². The van der Waals surface area contributed by atoms with Gasteiger partial charge < -0.3 is 0 Å². The summed E-state index contributed by atoms with van der Waals surface area (Å²) in [5.41, 5.74) is 6.81. The van der Waals surface area contributed by atoms with E-state index in [0.717, 1.165) is 40.7 Å².